The number of carbonyl (C=O) groups excluding carboxylic acids is 1. The fourth-order valence-corrected chi connectivity index (χ4v) is 5.19. The van der Waals surface area contributed by atoms with Crippen molar-refractivity contribution in [1.29, 1.82) is 0 Å². The molecule has 0 fully saturated rings. The van der Waals surface area contributed by atoms with E-state index in [0.29, 0.717) is 16.5 Å². The minimum atomic E-state index is -3.94. The molecular weight excluding hydrogens is 466 g/mol. The lowest BCUT2D eigenvalue weighted by atomic mass is 10.0. The van der Waals surface area contributed by atoms with Gasteiger partial charge in [-0.25, -0.2) is 18.0 Å². The number of esters is 1. The molecule has 0 aliphatic carbocycles. The van der Waals surface area contributed by atoms with E-state index in [9.17, 15) is 18.0 Å². The topological polar surface area (TPSA) is 103 Å². The number of aryl methyl sites for hydroxylation is 2. The summed E-state index contributed by atoms with van der Waals surface area (Å²) in [5, 5.41) is 1.92. The molecule has 1 aromatic heterocycles. The molecule has 3 aromatic carbocycles. The van der Waals surface area contributed by atoms with Gasteiger partial charge in [0.15, 0.2) is 0 Å². The van der Waals surface area contributed by atoms with E-state index in [-0.39, 0.29) is 23.0 Å². The van der Waals surface area contributed by atoms with Gasteiger partial charge in [0.25, 0.3) is 0 Å². The maximum Gasteiger partial charge on any atom is 0.344 e. The minimum Gasteiger partial charge on any atom is -0.425 e. The van der Waals surface area contributed by atoms with Gasteiger partial charge >= 0.3 is 11.6 Å². The van der Waals surface area contributed by atoms with Crippen LogP contribution in [0.5, 0.6) is 5.75 Å². The van der Waals surface area contributed by atoms with E-state index in [4.69, 9.17) is 9.15 Å². The van der Waals surface area contributed by atoms with E-state index in [1.807, 2.05) is 32.9 Å². The molecule has 0 bridgehead atoms. The highest BCUT2D eigenvalue weighted by atomic mass is 32.2. The van der Waals surface area contributed by atoms with Crippen molar-refractivity contribution in [3.63, 3.8) is 0 Å². The van der Waals surface area contributed by atoms with Gasteiger partial charge in [0, 0.05) is 10.9 Å². The maximum absolute atomic E-state index is 13.1. The van der Waals surface area contributed by atoms with Gasteiger partial charge in [-0.05, 0) is 61.9 Å². The summed E-state index contributed by atoms with van der Waals surface area (Å²) in [4.78, 5) is 25.7. The van der Waals surface area contributed by atoms with E-state index in [1.54, 1.807) is 43.3 Å². The molecule has 182 valence electrons. The van der Waals surface area contributed by atoms with E-state index in [0.717, 1.165) is 16.3 Å². The lowest BCUT2D eigenvalue weighted by molar-refractivity contribution is -0.136. The third-order valence-corrected chi connectivity index (χ3v) is 7.31. The Morgan fingerprint density at radius 3 is 2.26 bits per heavy atom. The van der Waals surface area contributed by atoms with E-state index in [2.05, 4.69) is 4.72 Å². The number of benzene rings is 3. The Labute approximate surface area is 203 Å². The molecular formula is C27H27NO6S. The average molecular weight is 494 g/mol. The number of fused-ring (bicyclic) bond motifs is 3. The molecule has 0 aliphatic heterocycles. The molecule has 0 unspecified atom stereocenters. The van der Waals surface area contributed by atoms with Crippen LogP contribution >= 0.6 is 0 Å². The molecule has 4 aromatic rings. The Morgan fingerprint density at radius 1 is 0.943 bits per heavy atom. The second-order valence-corrected chi connectivity index (χ2v) is 10.8. The molecule has 8 heteroatoms. The van der Waals surface area contributed by atoms with E-state index < -0.39 is 27.7 Å². The van der Waals surface area contributed by atoms with Crippen molar-refractivity contribution in [3.05, 3.63) is 82.2 Å². The van der Waals surface area contributed by atoms with Gasteiger partial charge in [-0.2, -0.15) is 4.72 Å². The number of sulfonamides is 1. The highest BCUT2D eigenvalue weighted by Gasteiger charge is 2.29. The highest BCUT2D eigenvalue weighted by molar-refractivity contribution is 7.89. The quantitative estimate of drug-likeness (QED) is 0.171. The first kappa shape index (κ1) is 24.6. The number of ether oxygens (including phenoxy) is 1. The molecule has 1 heterocycles. The van der Waals surface area contributed by atoms with Crippen molar-refractivity contribution in [2.24, 2.45) is 5.92 Å². The largest absolute Gasteiger partial charge is 0.425 e. The van der Waals surface area contributed by atoms with Gasteiger partial charge in [-0.15, -0.1) is 0 Å². The number of carbonyl (C=O) groups is 1. The van der Waals surface area contributed by atoms with Crippen molar-refractivity contribution < 1.29 is 22.4 Å². The second kappa shape index (κ2) is 9.64. The number of nitrogens with one attached hydrogen (secondary N) is 1. The lowest BCUT2D eigenvalue weighted by Gasteiger charge is -2.20. The Bertz CT molecular complexity index is 1570. The fourth-order valence-electron chi connectivity index (χ4n) is 3.99. The molecule has 0 radical (unpaired) electrons. The van der Waals surface area contributed by atoms with Gasteiger partial charge in [0.05, 0.1) is 10.3 Å². The summed E-state index contributed by atoms with van der Waals surface area (Å²) in [6.45, 7) is 7.33. The molecule has 7 nitrogen and oxygen atoms in total. The molecule has 0 saturated heterocycles. The van der Waals surface area contributed by atoms with Crippen LogP contribution in [0.25, 0.3) is 21.7 Å². The van der Waals surface area contributed by atoms with Crippen LogP contribution in [0.4, 0.5) is 0 Å². The fraction of sp³-hybridized carbons (Fsp3) is 0.259. The summed E-state index contributed by atoms with van der Waals surface area (Å²) in [6, 6.07) is 15.8. The molecule has 1 atom stereocenters. The number of hydrogen-bond acceptors (Lipinski definition) is 6. The number of rotatable bonds is 7. The van der Waals surface area contributed by atoms with Crippen LogP contribution in [0.15, 0.2) is 74.8 Å². The third kappa shape index (κ3) is 5.13. The first-order valence-electron chi connectivity index (χ1n) is 11.3. The van der Waals surface area contributed by atoms with Crippen LogP contribution in [-0.4, -0.2) is 20.4 Å². The van der Waals surface area contributed by atoms with E-state index in [1.165, 1.54) is 12.1 Å². The summed E-state index contributed by atoms with van der Waals surface area (Å²) in [5.41, 5.74) is 1.24. The van der Waals surface area contributed by atoms with Gasteiger partial charge < -0.3 is 9.15 Å². The summed E-state index contributed by atoms with van der Waals surface area (Å²) in [6.07, 6.45) is 0.246. The van der Waals surface area contributed by atoms with Crippen molar-refractivity contribution in [3.8, 4) is 5.75 Å². The lowest BCUT2D eigenvalue weighted by Crippen LogP contribution is -2.43. The Hall–Kier alpha value is -3.49. The standard InChI is InChI=1S/C27H27NO6S/c1-16(2)15-23(28-35(31,32)19-11-9-17(3)10-12-19)27(30)33-24-14-13-21-20-7-5-6-8-22(20)26(29)34-25(21)18(24)4/h5-14,16,23,28H,15H2,1-4H3/t23-/m1/s1. The predicted molar refractivity (Wildman–Crippen MR) is 135 cm³/mol. The average Bonchev–Trinajstić information content (AvgIpc) is 2.81. The van der Waals surface area contributed by atoms with Crippen LogP contribution in [-0.2, 0) is 14.8 Å². The highest BCUT2D eigenvalue weighted by Crippen LogP contribution is 2.31. The van der Waals surface area contributed by atoms with Crippen LogP contribution in [0.2, 0.25) is 0 Å². The van der Waals surface area contributed by atoms with Crippen molar-refractivity contribution >= 4 is 37.7 Å². The van der Waals surface area contributed by atoms with Crippen LogP contribution in [0.1, 0.15) is 31.4 Å². The number of hydrogen-bond donors (Lipinski definition) is 1. The monoisotopic (exact) mass is 493 g/mol. The Morgan fingerprint density at radius 2 is 1.60 bits per heavy atom. The molecule has 4 rings (SSSR count). The summed E-state index contributed by atoms with van der Waals surface area (Å²) >= 11 is 0. The third-order valence-electron chi connectivity index (χ3n) is 5.82. The summed E-state index contributed by atoms with van der Waals surface area (Å²) in [7, 11) is -3.94. The van der Waals surface area contributed by atoms with Gasteiger partial charge in [0.2, 0.25) is 10.0 Å². The zero-order valence-corrected chi connectivity index (χ0v) is 20.8. The van der Waals surface area contributed by atoms with Gasteiger partial charge in [-0.3, -0.25) is 0 Å². The molecule has 0 saturated carbocycles. The maximum atomic E-state index is 13.1. The molecule has 35 heavy (non-hydrogen) atoms. The normalized spacial score (nSPS) is 12.8. The predicted octanol–water partition coefficient (Wildman–Crippen LogP) is 4.86. The second-order valence-electron chi connectivity index (χ2n) is 9.04. The molecule has 0 amide bonds. The first-order chi connectivity index (χ1) is 16.6. The smallest absolute Gasteiger partial charge is 0.344 e. The SMILES string of the molecule is Cc1ccc(S(=O)(=O)N[C@H](CC(C)C)C(=O)Oc2ccc3c(oc(=O)c4ccccc43)c2C)cc1. The Kier molecular flexibility index (Phi) is 6.78. The first-order valence-corrected chi connectivity index (χ1v) is 12.8. The van der Waals surface area contributed by atoms with Crippen LogP contribution in [0, 0.1) is 19.8 Å². The molecule has 0 aliphatic rings. The van der Waals surface area contributed by atoms with Gasteiger partial charge in [-0.1, -0.05) is 49.7 Å². The van der Waals surface area contributed by atoms with Gasteiger partial charge in [0.1, 0.15) is 17.4 Å². The minimum absolute atomic E-state index is 0.0235. The van der Waals surface area contributed by atoms with E-state index >= 15 is 0 Å². The summed E-state index contributed by atoms with van der Waals surface area (Å²) < 4.78 is 39.5. The van der Waals surface area contributed by atoms with Crippen molar-refractivity contribution in [2.75, 3.05) is 0 Å². The Balaban J connectivity index is 1.66. The van der Waals surface area contributed by atoms with Crippen molar-refractivity contribution in [2.45, 2.75) is 45.1 Å². The molecule has 1 N–H and O–H groups in total. The zero-order chi connectivity index (χ0) is 25.3. The van der Waals surface area contributed by atoms with Crippen LogP contribution in [0.3, 0.4) is 0 Å². The summed E-state index contributed by atoms with van der Waals surface area (Å²) in [5.74, 6) is -0.514. The van der Waals surface area contributed by atoms with Crippen molar-refractivity contribution in [1.82, 2.24) is 4.72 Å². The molecule has 0 spiro atoms. The van der Waals surface area contributed by atoms with Crippen LogP contribution < -0.4 is 15.1 Å². The zero-order valence-electron chi connectivity index (χ0n) is 20.0.